The SMILES string of the molecule is CCCNC(c1cc(C)c(C)s1)c1c(Br)cnn1CC. The molecule has 0 aliphatic carbocycles. The van der Waals surface area contributed by atoms with Crippen LogP contribution in [0.25, 0.3) is 0 Å². The molecule has 2 heterocycles. The summed E-state index contributed by atoms with van der Waals surface area (Å²) in [6, 6.07) is 2.51. The summed E-state index contributed by atoms with van der Waals surface area (Å²) in [5.41, 5.74) is 2.59. The van der Waals surface area contributed by atoms with Crippen molar-refractivity contribution >= 4 is 27.3 Å². The fourth-order valence-electron chi connectivity index (χ4n) is 2.28. The van der Waals surface area contributed by atoms with E-state index in [0.29, 0.717) is 0 Å². The van der Waals surface area contributed by atoms with Gasteiger partial charge in [0.25, 0.3) is 0 Å². The van der Waals surface area contributed by atoms with E-state index in [2.05, 4.69) is 64.8 Å². The quantitative estimate of drug-likeness (QED) is 0.830. The Labute approximate surface area is 133 Å². The van der Waals surface area contributed by atoms with Crippen molar-refractivity contribution in [3.05, 3.63) is 37.7 Å². The first-order valence-corrected chi connectivity index (χ1v) is 8.70. The van der Waals surface area contributed by atoms with Crippen molar-refractivity contribution in [2.75, 3.05) is 6.54 Å². The number of nitrogens with zero attached hydrogens (tertiary/aromatic N) is 2. The topological polar surface area (TPSA) is 29.9 Å². The molecule has 2 aromatic heterocycles. The van der Waals surface area contributed by atoms with Crippen LogP contribution in [0.2, 0.25) is 0 Å². The summed E-state index contributed by atoms with van der Waals surface area (Å²) >= 11 is 5.53. The molecule has 0 aliphatic rings. The lowest BCUT2D eigenvalue weighted by Gasteiger charge is -2.19. The van der Waals surface area contributed by atoms with Gasteiger partial charge in [-0.15, -0.1) is 11.3 Å². The van der Waals surface area contributed by atoms with E-state index < -0.39 is 0 Å². The third-order valence-electron chi connectivity index (χ3n) is 3.47. The highest BCUT2D eigenvalue weighted by Gasteiger charge is 2.23. The second-order valence-electron chi connectivity index (χ2n) is 4.97. The number of hydrogen-bond donors (Lipinski definition) is 1. The predicted molar refractivity (Wildman–Crippen MR) is 89.5 cm³/mol. The van der Waals surface area contributed by atoms with Gasteiger partial charge >= 0.3 is 0 Å². The molecule has 1 N–H and O–H groups in total. The lowest BCUT2D eigenvalue weighted by Crippen LogP contribution is -2.25. The van der Waals surface area contributed by atoms with E-state index in [1.165, 1.54) is 21.0 Å². The summed E-state index contributed by atoms with van der Waals surface area (Å²) in [5.74, 6) is 0. The van der Waals surface area contributed by atoms with Gasteiger partial charge in [0.05, 0.1) is 22.4 Å². The maximum Gasteiger partial charge on any atom is 0.0853 e. The minimum absolute atomic E-state index is 0.212. The number of aryl methyl sites for hydroxylation is 3. The molecule has 0 fully saturated rings. The summed E-state index contributed by atoms with van der Waals surface area (Å²) in [7, 11) is 0. The van der Waals surface area contributed by atoms with Crippen molar-refractivity contribution in [3.8, 4) is 0 Å². The van der Waals surface area contributed by atoms with Crippen LogP contribution in [0.4, 0.5) is 0 Å². The zero-order chi connectivity index (χ0) is 14.7. The summed E-state index contributed by atoms with van der Waals surface area (Å²) in [6.45, 7) is 10.6. The molecule has 0 radical (unpaired) electrons. The van der Waals surface area contributed by atoms with Crippen LogP contribution in [0.3, 0.4) is 0 Å². The first kappa shape index (κ1) is 15.7. The minimum atomic E-state index is 0.212. The number of aromatic nitrogens is 2. The summed E-state index contributed by atoms with van der Waals surface area (Å²) in [5, 5.41) is 8.12. The van der Waals surface area contributed by atoms with Crippen LogP contribution in [-0.2, 0) is 6.54 Å². The van der Waals surface area contributed by atoms with Gasteiger partial charge in [0.1, 0.15) is 0 Å². The number of halogens is 1. The van der Waals surface area contributed by atoms with E-state index in [4.69, 9.17) is 0 Å². The molecule has 0 saturated carbocycles. The number of hydrogen-bond acceptors (Lipinski definition) is 3. The first-order valence-electron chi connectivity index (χ1n) is 7.10. The lowest BCUT2D eigenvalue weighted by molar-refractivity contribution is 0.533. The number of thiophene rings is 1. The third-order valence-corrected chi connectivity index (χ3v) is 5.30. The molecule has 0 bridgehead atoms. The molecular formula is C15H22BrN3S. The van der Waals surface area contributed by atoms with Crippen molar-refractivity contribution in [1.82, 2.24) is 15.1 Å². The van der Waals surface area contributed by atoms with E-state index >= 15 is 0 Å². The monoisotopic (exact) mass is 355 g/mol. The van der Waals surface area contributed by atoms with Crippen molar-refractivity contribution in [2.45, 2.75) is 46.7 Å². The first-order chi connectivity index (χ1) is 9.58. The highest BCUT2D eigenvalue weighted by molar-refractivity contribution is 9.10. The standard InChI is InChI=1S/C15H22BrN3S/c1-5-7-17-14(13-8-10(3)11(4)20-13)15-12(16)9-18-19(15)6-2/h8-9,14,17H,5-7H2,1-4H3. The van der Waals surface area contributed by atoms with Crippen LogP contribution in [0.15, 0.2) is 16.7 Å². The summed E-state index contributed by atoms with van der Waals surface area (Å²) in [6.07, 6.45) is 3.02. The molecule has 1 atom stereocenters. The van der Waals surface area contributed by atoms with E-state index in [9.17, 15) is 0 Å². The van der Waals surface area contributed by atoms with Crippen LogP contribution < -0.4 is 5.32 Å². The molecule has 5 heteroatoms. The molecule has 2 aromatic rings. The van der Waals surface area contributed by atoms with Crippen molar-refractivity contribution < 1.29 is 0 Å². The van der Waals surface area contributed by atoms with Crippen LogP contribution in [0.5, 0.6) is 0 Å². The fourth-order valence-corrected chi connectivity index (χ4v) is 3.92. The van der Waals surface area contributed by atoms with E-state index in [1.54, 1.807) is 0 Å². The van der Waals surface area contributed by atoms with Crippen LogP contribution >= 0.6 is 27.3 Å². The lowest BCUT2D eigenvalue weighted by atomic mass is 10.1. The maximum atomic E-state index is 4.45. The minimum Gasteiger partial charge on any atom is -0.304 e. The van der Waals surface area contributed by atoms with Gasteiger partial charge in [-0.2, -0.15) is 5.10 Å². The molecule has 0 saturated heterocycles. The largest absolute Gasteiger partial charge is 0.304 e. The zero-order valence-electron chi connectivity index (χ0n) is 12.5. The molecule has 0 aliphatic heterocycles. The zero-order valence-corrected chi connectivity index (χ0v) is 14.9. The summed E-state index contributed by atoms with van der Waals surface area (Å²) in [4.78, 5) is 2.76. The second kappa shape index (κ2) is 6.87. The molecule has 20 heavy (non-hydrogen) atoms. The van der Waals surface area contributed by atoms with E-state index in [-0.39, 0.29) is 6.04 Å². The Morgan fingerprint density at radius 1 is 1.40 bits per heavy atom. The molecule has 1 unspecified atom stereocenters. The molecule has 0 aromatic carbocycles. The van der Waals surface area contributed by atoms with E-state index in [0.717, 1.165) is 24.0 Å². The van der Waals surface area contributed by atoms with Gasteiger partial charge in [-0.3, -0.25) is 4.68 Å². The fraction of sp³-hybridized carbons (Fsp3) is 0.533. The van der Waals surface area contributed by atoms with Crippen LogP contribution in [0, 0.1) is 13.8 Å². The Morgan fingerprint density at radius 2 is 2.15 bits per heavy atom. The molecule has 2 rings (SSSR count). The Balaban J connectivity index is 2.43. The van der Waals surface area contributed by atoms with Crippen LogP contribution in [0.1, 0.15) is 47.3 Å². The van der Waals surface area contributed by atoms with Gasteiger partial charge in [-0.05, 0) is 61.3 Å². The Bertz CT molecular complexity index is 554. The normalized spacial score (nSPS) is 12.8. The molecule has 0 spiro atoms. The molecule has 0 amide bonds. The Morgan fingerprint density at radius 3 is 2.70 bits per heavy atom. The van der Waals surface area contributed by atoms with Crippen molar-refractivity contribution in [3.63, 3.8) is 0 Å². The van der Waals surface area contributed by atoms with Gasteiger partial charge in [0.2, 0.25) is 0 Å². The summed E-state index contributed by atoms with van der Waals surface area (Å²) < 4.78 is 3.15. The van der Waals surface area contributed by atoms with Gasteiger partial charge in [0, 0.05) is 16.3 Å². The van der Waals surface area contributed by atoms with Gasteiger partial charge in [-0.25, -0.2) is 0 Å². The average Bonchev–Trinajstić information content (AvgIpc) is 2.95. The second-order valence-corrected chi connectivity index (χ2v) is 7.11. The Hall–Kier alpha value is -0.650. The highest BCUT2D eigenvalue weighted by atomic mass is 79.9. The molecule has 3 nitrogen and oxygen atoms in total. The number of rotatable bonds is 6. The van der Waals surface area contributed by atoms with Crippen molar-refractivity contribution in [1.29, 1.82) is 0 Å². The molecular weight excluding hydrogens is 334 g/mol. The smallest absolute Gasteiger partial charge is 0.0853 e. The highest BCUT2D eigenvalue weighted by Crippen LogP contribution is 2.34. The average molecular weight is 356 g/mol. The third kappa shape index (κ3) is 3.15. The van der Waals surface area contributed by atoms with E-state index in [1.807, 2.05) is 17.5 Å². The number of nitrogens with one attached hydrogen (secondary N) is 1. The Kier molecular flexibility index (Phi) is 5.41. The van der Waals surface area contributed by atoms with Crippen LogP contribution in [-0.4, -0.2) is 16.3 Å². The van der Waals surface area contributed by atoms with Crippen molar-refractivity contribution in [2.24, 2.45) is 0 Å². The predicted octanol–water partition coefficient (Wildman–Crippen LogP) is 4.43. The van der Waals surface area contributed by atoms with Gasteiger partial charge in [0.15, 0.2) is 0 Å². The molecule has 110 valence electrons. The van der Waals surface area contributed by atoms with Gasteiger partial charge < -0.3 is 5.32 Å². The van der Waals surface area contributed by atoms with Gasteiger partial charge in [-0.1, -0.05) is 6.92 Å². The maximum absolute atomic E-state index is 4.45.